The van der Waals surface area contributed by atoms with Gasteiger partial charge in [0.05, 0.1) is 39.6 Å². The average molecular weight is 1070 g/mol. The lowest BCUT2D eigenvalue weighted by atomic mass is 9.94. The van der Waals surface area contributed by atoms with Crippen LogP contribution < -0.4 is 10.6 Å². The van der Waals surface area contributed by atoms with Gasteiger partial charge in [-0.05, 0) is 0 Å². The molecule has 2 amide bonds. The molecule has 0 aromatic rings. The zero-order valence-electron chi connectivity index (χ0n) is 38.9. The first-order valence-corrected chi connectivity index (χ1v) is 23.1. The van der Waals surface area contributed by atoms with E-state index in [0.29, 0.717) is 0 Å². The van der Waals surface area contributed by atoms with Crippen LogP contribution in [0.2, 0.25) is 0 Å². The standard InChI is InChI=1S/C40H68N2O31/c1-9(49)41-17-20(52)30(12(4-44)63-35(17)62)69-36-18(42-10(2)50)21(53)31(13(5-45)65-36)70-38-27(59)23(55)33(15(7-47)66-38)72-40-29(61)25(57)34(16(8-48)68-40)73-39-28(60)24(56)32(14(6-46)67-39)71-37-26(58)22(54)19(51)11(3-43)64-37/h11-40,43-48,51-62H,3-8H2,1-2H3,(H,41,49)(H,42,50)/t11-,12-,13-,14-,15-,16-,17-,18-,19-,20-,21-,22+,23-,24-,25-,26+,27+,28+,29+,30-,31-,32-,33-,34-,35-,36+,37+,38+,39-,40+/m1/s1. The number of carbonyl (C=O) groups is 2. The molecule has 0 radical (unpaired) electrons. The largest absolute Gasteiger partial charge is 0.394 e. The molecule has 424 valence electrons. The Morgan fingerprint density at radius 3 is 0.932 bits per heavy atom. The Hall–Kier alpha value is -2.22. The average Bonchev–Trinajstić information content (AvgIpc) is 3.36. The van der Waals surface area contributed by atoms with Gasteiger partial charge < -0.3 is 155 Å². The molecule has 6 rings (SSSR count). The number of aliphatic hydroxyl groups excluding tert-OH is 18. The molecule has 6 fully saturated rings. The van der Waals surface area contributed by atoms with E-state index in [9.17, 15) is 102 Å². The zero-order chi connectivity index (χ0) is 53.9. The lowest BCUT2D eigenvalue weighted by Crippen LogP contribution is -2.70. The molecule has 0 saturated carbocycles. The first kappa shape index (κ1) is 60.0. The highest BCUT2D eigenvalue weighted by Gasteiger charge is 2.58. The summed E-state index contributed by atoms with van der Waals surface area (Å²) in [6.07, 6.45) is -52.3. The van der Waals surface area contributed by atoms with Gasteiger partial charge in [0.1, 0.15) is 146 Å². The summed E-state index contributed by atoms with van der Waals surface area (Å²) < 4.78 is 61.9. The van der Waals surface area contributed by atoms with Crippen molar-refractivity contribution in [2.75, 3.05) is 39.6 Å². The number of carbonyl (C=O) groups excluding carboxylic acids is 2. The van der Waals surface area contributed by atoms with Gasteiger partial charge in [0, 0.05) is 13.8 Å². The van der Waals surface area contributed by atoms with Crippen molar-refractivity contribution in [3.8, 4) is 0 Å². The third-order valence-electron chi connectivity index (χ3n) is 13.2. The fourth-order valence-corrected chi connectivity index (χ4v) is 9.33. The summed E-state index contributed by atoms with van der Waals surface area (Å²) in [5.41, 5.74) is 0. The van der Waals surface area contributed by atoms with Gasteiger partial charge in [0.15, 0.2) is 37.7 Å². The molecule has 0 aromatic carbocycles. The van der Waals surface area contributed by atoms with Crippen molar-refractivity contribution in [3.05, 3.63) is 0 Å². The molecule has 6 aliphatic rings. The number of hydrogen-bond acceptors (Lipinski definition) is 31. The minimum absolute atomic E-state index is 0.694. The SMILES string of the molecule is CC(=O)N[C@@H]1[C@@H](O)[C@H](O[C@@H]2O[C@H](CO)[C@@H](O[C@@H]3O[C@H](CO)[C@@H](O[C@@H]4O[C@H](CO)[C@@H](O[C@H]5O[C@H](CO)[C@@H](O[C@@H]6O[C@H](CO)[C@@H](O)[C@H](O)[C@@H]6O)[C@H](O)[C@@H]5O)[C@H](O)[C@@H]4O)[C@H](O)[C@@H]3O)[C@H](O)[C@H]2NC(C)=O)[C@@H](CO)O[C@H]1O. The molecule has 73 heavy (non-hydrogen) atoms. The molecule has 6 aliphatic heterocycles. The second-order valence-electron chi connectivity index (χ2n) is 18.2. The number of nitrogens with one attached hydrogen (secondary N) is 2. The predicted molar refractivity (Wildman–Crippen MR) is 222 cm³/mol. The zero-order valence-corrected chi connectivity index (χ0v) is 38.9. The van der Waals surface area contributed by atoms with Crippen LogP contribution in [0.25, 0.3) is 0 Å². The maximum absolute atomic E-state index is 12.4. The molecule has 33 heteroatoms. The maximum atomic E-state index is 12.4. The summed E-state index contributed by atoms with van der Waals surface area (Å²) in [5.74, 6) is -1.48. The van der Waals surface area contributed by atoms with E-state index >= 15 is 0 Å². The van der Waals surface area contributed by atoms with Crippen molar-refractivity contribution in [1.29, 1.82) is 0 Å². The van der Waals surface area contributed by atoms with Crippen molar-refractivity contribution < 1.29 is 154 Å². The summed E-state index contributed by atoms with van der Waals surface area (Å²) >= 11 is 0. The van der Waals surface area contributed by atoms with Crippen LogP contribution in [0.15, 0.2) is 0 Å². The summed E-state index contributed by atoms with van der Waals surface area (Å²) in [6.45, 7) is -3.60. The highest BCUT2D eigenvalue weighted by molar-refractivity contribution is 5.73. The van der Waals surface area contributed by atoms with Crippen molar-refractivity contribution in [2.24, 2.45) is 0 Å². The van der Waals surface area contributed by atoms with Crippen LogP contribution in [0.1, 0.15) is 13.8 Å². The fourth-order valence-electron chi connectivity index (χ4n) is 9.33. The highest BCUT2D eigenvalue weighted by Crippen LogP contribution is 2.37. The molecule has 6 saturated heterocycles. The van der Waals surface area contributed by atoms with Crippen LogP contribution in [0.4, 0.5) is 0 Å². The Labute approximate surface area is 413 Å². The Balaban J connectivity index is 1.10. The van der Waals surface area contributed by atoms with Crippen LogP contribution in [-0.4, -0.2) is 327 Å². The van der Waals surface area contributed by atoms with Gasteiger partial charge in [0.2, 0.25) is 11.8 Å². The summed E-state index contributed by atoms with van der Waals surface area (Å²) in [4.78, 5) is 24.2. The predicted octanol–water partition coefficient (Wildman–Crippen LogP) is -13.8. The Kier molecular flexibility index (Phi) is 21.3. The maximum Gasteiger partial charge on any atom is 0.217 e. The number of hydrogen-bond donors (Lipinski definition) is 20. The molecule has 33 nitrogen and oxygen atoms in total. The first-order chi connectivity index (χ1) is 34.5. The number of amides is 2. The molecular weight excluding hydrogens is 1000 g/mol. The van der Waals surface area contributed by atoms with E-state index in [-0.39, 0.29) is 0 Å². The summed E-state index contributed by atoms with van der Waals surface area (Å²) in [7, 11) is 0. The van der Waals surface area contributed by atoms with Crippen LogP contribution in [0.5, 0.6) is 0 Å². The second kappa shape index (κ2) is 26.0. The van der Waals surface area contributed by atoms with E-state index in [4.69, 9.17) is 52.1 Å². The monoisotopic (exact) mass is 1070 g/mol. The number of ether oxygens (including phenoxy) is 11. The molecular formula is C40H68N2O31. The normalized spacial score (nSPS) is 49.8. The molecule has 0 bridgehead atoms. The van der Waals surface area contributed by atoms with Crippen molar-refractivity contribution in [1.82, 2.24) is 10.6 Å². The van der Waals surface area contributed by atoms with Gasteiger partial charge in [-0.2, -0.15) is 0 Å². The van der Waals surface area contributed by atoms with Gasteiger partial charge in [-0.3, -0.25) is 9.59 Å². The van der Waals surface area contributed by atoms with Crippen LogP contribution in [0, 0.1) is 0 Å². The molecule has 0 spiro atoms. The Bertz CT molecular complexity index is 1740. The number of rotatable bonds is 18. The minimum atomic E-state index is -2.19. The van der Waals surface area contributed by atoms with Gasteiger partial charge in [-0.25, -0.2) is 0 Å². The molecule has 0 aromatic heterocycles. The summed E-state index contributed by atoms with van der Waals surface area (Å²) in [5, 5.41) is 196. The van der Waals surface area contributed by atoms with Crippen LogP contribution >= 0.6 is 0 Å². The van der Waals surface area contributed by atoms with Gasteiger partial charge in [-0.1, -0.05) is 0 Å². The number of aliphatic hydroxyl groups is 18. The van der Waals surface area contributed by atoms with E-state index in [1.54, 1.807) is 0 Å². The van der Waals surface area contributed by atoms with Gasteiger partial charge >= 0.3 is 0 Å². The van der Waals surface area contributed by atoms with E-state index in [1.165, 1.54) is 0 Å². The molecule has 6 heterocycles. The third kappa shape index (κ3) is 12.9. The van der Waals surface area contributed by atoms with Crippen molar-refractivity contribution >= 4 is 11.8 Å². The summed E-state index contributed by atoms with van der Waals surface area (Å²) in [6, 6.07) is -3.16. The molecule has 30 atom stereocenters. The van der Waals surface area contributed by atoms with Gasteiger partial charge in [0.25, 0.3) is 0 Å². The quantitative estimate of drug-likeness (QED) is 0.0606. The molecule has 0 aliphatic carbocycles. The Morgan fingerprint density at radius 2 is 0.589 bits per heavy atom. The van der Waals surface area contributed by atoms with E-state index in [2.05, 4.69) is 10.6 Å². The highest BCUT2D eigenvalue weighted by atomic mass is 16.8. The van der Waals surface area contributed by atoms with Gasteiger partial charge in [-0.15, -0.1) is 0 Å². The van der Waals surface area contributed by atoms with E-state index in [0.717, 1.165) is 13.8 Å². The van der Waals surface area contributed by atoms with Crippen molar-refractivity contribution in [3.63, 3.8) is 0 Å². The van der Waals surface area contributed by atoms with Crippen LogP contribution in [0.3, 0.4) is 0 Å². The fraction of sp³-hybridized carbons (Fsp3) is 0.950. The second-order valence-corrected chi connectivity index (χ2v) is 18.2. The lowest BCUT2D eigenvalue weighted by molar-refractivity contribution is -0.393. The van der Waals surface area contributed by atoms with Crippen LogP contribution in [-0.2, 0) is 61.7 Å². The molecule has 0 unspecified atom stereocenters. The Morgan fingerprint density at radius 1 is 0.329 bits per heavy atom. The smallest absolute Gasteiger partial charge is 0.217 e. The topological polar surface area (TPSA) is 524 Å². The van der Waals surface area contributed by atoms with E-state index < -0.39 is 236 Å². The van der Waals surface area contributed by atoms with Crippen molar-refractivity contribution in [2.45, 2.75) is 198 Å². The van der Waals surface area contributed by atoms with E-state index in [1.807, 2.05) is 0 Å². The lowest BCUT2D eigenvalue weighted by Gasteiger charge is -2.50. The minimum Gasteiger partial charge on any atom is -0.394 e. The third-order valence-corrected chi connectivity index (χ3v) is 13.2. The first-order valence-electron chi connectivity index (χ1n) is 23.1. The molecule has 20 N–H and O–H groups in total.